The summed E-state index contributed by atoms with van der Waals surface area (Å²) in [6, 6.07) is 10.2. The van der Waals surface area contributed by atoms with Crippen LogP contribution in [0.5, 0.6) is 17.2 Å². The van der Waals surface area contributed by atoms with Gasteiger partial charge in [-0.05, 0) is 49.7 Å². The number of ether oxygens (including phenoxy) is 3. The molecule has 0 atom stereocenters. The van der Waals surface area contributed by atoms with Gasteiger partial charge in [0.25, 0.3) is 5.91 Å². The summed E-state index contributed by atoms with van der Waals surface area (Å²) in [5, 5.41) is 2.81. The molecule has 1 amide bonds. The molecule has 0 fully saturated rings. The van der Waals surface area contributed by atoms with Crippen molar-refractivity contribution in [2.75, 3.05) is 31.4 Å². The van der Waals surface area contributed by atoms with Crippen molar-refractivity contribution in [2.24, 2.45) is 0 Å². The highest BCUT2D eigenvalue weighted by atomic mass is 16.5. The van der Waals surface area contributed by atoms with E-state index < -0.39 is 0 Å². The molecular weight excluding hydrogens is 320 g/mol. The van der Waals surface area contributed by atoms with Crippen LogP contribution in [-0.4, -0.2) is 26.2 Å². The van der Waals surface area contributed by atoms with Crippen molar-refractivity contribution in [3.8, 4) is 17.2 Å². The number of rotatable bonds is 8. The van der Waals surface area contributed by atoms with Crippen LogP contribution >= 0.6 is 0 Å². The van der Waals surface area contributed by atoms with Crippen LogP contribution in [0.4, 0.5) is 11.4 Å². The Balaban J connectivity index is 2.18. The minimum atomic E-state index is -0.257. The topological polar surface area (TPSA) is 82.8 Å². The van der Waals surface area contributed by atoms with Gasteiger partial charge < -0.3 is 25.3 Å². The van der Waals surface area contributed by atoms with Crippen molar-refractivity contribution in [2.45, 2.75) is 20.3 Å². The predicted octanol–water partition coefficient (Wildman–Crippen LogP) is 3.72. The van der Waals surface area contributed by atoms with E-state index in [4.69, 9.17) is 19.9 Å². The molecule has 0 radical (unpaired) electrons. The van der Waals surface area contributed by atoms with Crippen molar-refractivity contribution in [1.29, 1.82) is 0 Å². The van der Waals surface area contributed by atoms with Crippen LogP contribution in [0.25, 0.3) is 0 Å². The zero-order chi connectivity index (χ0) is 18.2. The first kappa shape index (κ1) is 18.4. The van der Waals surface area contributed by atoms with E-state index in [1.807, 2.05) is 13.8 Å². The fourth-order valence-electron chi connectivity index (χ4n) is 2.26. The maximum Gasteiger partial charge on any atom is 0.255 e. The van der Waals surface area contributed by atoms with Gasteiger partial charge in [-0.15, -0.1) is 0 Å². The normalized spacial score (nSPS) is 10.2. The maximum atomic E-state index is 12.5. The molecule has 0 aliphatic rings. The van der Waals surface area contributed by atoms with Gasteiger partial charge in [0, 0.05) is 11.3 Å². The van der Waals surface area contributed by atoms with Gasteiger partial charge in [0.2, 0.25) is 0 Å². The average molecular weight is 344 g/mol. The van der Waals surface area contributed by atoms with Crippen LogP contribution < -0.4 is 25.3 Å². The first-order chi connectivity index (χ1) is 12.1. The summed E-state index contributed by atoms with van der Waals surface area (Å²) in [4.78, 5) is 12.5. The number of hydrogen-bond acceptors (Lipinski definition) is 5. The van der Waals surface area contributed by atoms with Gasteiger partial charge in [-0.3, -0.25) is 4.79 Å². The third-order valence-electron chi connectivity index (χ3n) is 3.46. The molecular formula is C19H24N2O4. The molecule has 6 nitrogen and oxygen atoms in total. The van der Waals surface area contributed by atoms with Crippen molar-refractivity contribution in [3.63, 3.8) is 0 Å². The Morgan fingerprint density at radius 1 is 1.04 bits per heavy atom. The van der Waals surface area contributed by atoms with Crippen molar-refractivity contribution < 1.29 is 19.0 Å². The van der Waals surface area contributed by atoms with E-state index in [9.17, 15) is 4.79 Å². The second kappa shape index (κ2) is 8.82. The highest BCUT2D eigenvalue weighted by Crippen LogP contribution is 2.29. The van der Waals surface area contributed by atoms with Crippen molar-refractivity contribution >= 4 is 17.3 Å². The van der Waals surface area contributed by atoms with Gasteiger partial charge >= 0.3 is 0 Å². The van der Waals surface area contributed by atoms with Crippen LogP contribution in [0.3, 0.4) is 0 Å². The maximum absolute atomic E-state index is 12.5. The van der Waals surface area contributed by atoms with Crippen LogP contribution in [0.2, 0.25) is 0 Å². The summed E-state index contributed by atoms with van der Waals surface area (Å²) in [5.41, 5.74) is 7.38. The fraction of sp³-hybridized carbons (Fsp3) is 0.316. The van der Waals surface area contributed by atoms with Crippen LogP contribution in [-0.2, 0) is 0 Å². The van der Waals surface area contributed by atoms with E-state index in [0.29, 0.717) is 47.4 Å². The number of methoxy groups -OCH3 is 1. The highest BCUT2D eigenvalue weighted by molar-refractivity contribution is 6.05. The minimum absolute atomic E-state index is 0.257. The number of benzene rings is 2. The summed E-state index contributed by atoms with van der Waals surface area (Å²) < 4.78 is 16.3. The van der Waals surface area contributed by atoms with Gasteiger partial charge in [-0.25, -0.2) is 0 Å². The van der Waals surface area contributed by atoms with E-state index >= 15 is 0 Å². The number of nitrogen functional groups attached to an aromatic ring is 1. The van der Waals surface area contributed by atoms with Crippen molar-refractivity contribution in [3.05, 3.63) is 42.0 Å². The molecule has 0 spiro atoms. The summed E-state index contributed by atoms with van der Waals surface area (Å²) in [6.45, 7) is 5.00. The predicted molar refractivity (Wildman–Crippen MR) is 98.8 cm³/mol. The lowest BCUT2D eigenvalue weighted by Gasteiger charge is -2.13. The van der Waals surface area contributed by atoms with E-state index in [1.165, 1.54) is 0 Å². The van der Waals surface area contributed by atoms with Crippen LogP contribution in [0, 0.1) is 0 Å². The van der Waals surface area contributed by atoms with E-state index in [-0.39, 0.29) is 5.91 Å². The lowest BCUT2D eigenvalue weighted by molar-refractivity contribution is 0.102. The molecule has 0 saturated heterocycles. The van der Waals surface area contributed by atoms with Crippen LogP contribution in [0.1, 0.15) is 30.6 Å². The Hall–Kier alpha value is -2.89. The molecule has 6 heteroatoms. The molecule has 0 saturated carbocycles. The Morgan fingerprint density at radius 3 is 2.44 bits per heavy atom. The Bertz CT molecular complexity index is 731. The number of nitrogens with one attached hydrogen (secondary N) is 1. The second-order valence-electron chi connectivity index (χ2n) is 5.35. The van der Waals surface area contributed by atoms with E-state index in [2.05, 4.69) is 5.32 Å². The molecule has 134 valence electrons. The van der Waals surface area contributed by atoms with Crippen molar-refractivity contribution in [1.82, 2.24) is 0 Å². The number of anilines is 2. The first-order valence-corrected chi connectivity index (χ1v) is 8.23. The largest absolute Gasteiger partial charge is 0.495 e. The van der Waals surface area contributed by atoms with Gasteiger partial charge in [0.1, 0.15) is 5.75 Å². The standard InChI is InChI=1S/C19H24N2O4/c1-4-10-25-17-8-6-13(11-18(17)24-5-2)19(22)21-14-7-9-16(23-3)15(20)12-14/h6-9,11-12H,4-5,10,20H2,1-3H3,(H,21,22). The number of hydrogen-bond donors (Lipinski definition) is 2. The van der Waals surface area contributed by atoms with Gasteiger partial charge in [0.15, 0.2) is 11.5 Å². The van der Waals surface area contributed by atoms with E-state index in [1.54, 1.807) is 43.5 Å². The molecule has 2 aromatic carbocycles. The third kappa shape index (κ3) is 4.79. The van der Waals surface area contributed by atoms with E-state index in [0.717, 1.165) is 6.42 Å². The lowest BCUT2D eigenvalue weighted by atomic mass is 10.1. The Kier molecular flexibility index (Phi) is 6.51. The number of carbonyl (C=O) groups excluding carboxylic acids is 1. The average Bonchev–Trinajstić information content (AvgIpc) is 2.61. The summed E-state index contributed by atoms with van der Waals surface area (Å²) in [5.74, 6) is 1.49. The highest BCUT2D eigenvalue weighted by Gasteiger charge is 2.12. The number of nitrogens with two attached hydrogens (primary N) is 1. The molecule has 25 heavy (non-hydrogen) atoms. The lowest BCUT2D eigenvalue weighted by Crippen LogP contribution is -2.12. The number of amides is 1. The molecule has 2 rings (SSSR count). The summed E-state index contributed by atoms with van der Waals surface area (Å²) in [7, 11) is 1.54. The second-order valence-corrected chi connectivity index (χ2v) is 5.35. The monoisotopic (exact) mass is 344 g/mol. The van der Waals surface area contributed by atoms with Gasteiger partial charge in [-0.1, -0.05) is 6.92 Å². The summed E-state index contributed by atoms with van der Waals surface area (Å²) >= 11 is 0. The molecule has 0 aliphatic heterocycles. The third-order valence-corrected chi connectivity index (χ3v) is 3.46. The molecule has 0 aromatic heterocycles. The molecule has 0 aliphatic carbocycles. The molecule has 2 aromatic rings. The zero-order valence-electron chi connectivity index (χ0n) is 14.8. The molecule has 0 bridgehead atoms. The first-order valence-electron chi connectivity index (χ1n) is 8.23. The summed E-state index contributed by atoms with van der Waals surface area (Å²) in [6.07, 6.45) is 0.896. The van der Waals surface area contributed by atoms with Gasteiger partial charge in [0.05, 0.1) is 26.0 Å². The van der Waals surface area contributed by atoms with Gasteiger partial charge in [-0.2, -0.15) is 0 Å². The molecule has 0 heterocycles. The Labute approximate surface area is 147 Å². The number of carbonyl (C=O) groups is 1. The minimum Gasteiger partial charge on any atom is -0.495 e. The molecule has 0 unspecified atom stereocenters. The smallest absolute Gasteiger partial charge is 0.255 e. The van der Waals surface area contributed by atoms with Crippen LogP contribution in [0.15, 0.2) is 36.4 Å². The SMILES string of the molecule is CCCOc1ccc(C(=O)Nc2ccc(OC)c(N)c2)cc1OCC. The zero-order valence-corrected chi connectivity index (χ0v) is 14.8. The fourth-order valence-corrected chi connectivity index (χ4v) is 2.26. The quantitative estimate of drug-likeness (QED) is 0.713. The Morgan fingerprint density at radius 2 is 1.80 bits per heavy atom. The molecule has 3 N–H and O–H groups in total.